The first-order valence-electron chi connectivity index (χ1n) is 6.73. The number of nitrogens with two attached hydrogens (primary N) is 1. The lowest BCUT2D eigenvalue weighted by Crippen LogP contribution is -2.44. The Hall–Kier alpha value is -1.69. The zero-order valence-electron chi connectivity index (χ0n) is 11.3. The van der Waals surface area contributed by atoms with Gasteiger partial charge < -0.3 is 15.4 Å². The van der Waals surface area contributed by atoms with Gasteiger partial charge in [-0.2, -0.15) is 0 Å². The molecular formula is C14H19F2N3O. The largest absolute Gasteiger partial charge is 0.378 e. The second-order valence-electron chi connectivity index (χ2n) is 4.72. The monoisotopic (exact) mass is 283 g/mol. The molecule has 0 aromatic heterocycles. The van der Waals surface area contributed by atoms with Gasteiger partial charge in [-0.1, -0.05) is 0 Å². The lowest BCUT2D eigenvalue weighted by atomic mass is 10.1. The quantitative estimate of drug-likeness (QED) is 0.518. The molecule has 0 unspecified atom stereocenters. The van der Waals surface area contributed by atoms with Gasteiger partial charge in [0.15, 0.2) is 5.96 Å². The highest BCUT2D eigenvalue weighted by Gasteiger charge is 2.11. The minimum Gasteiger partial charge on any atom is -0.378 e. The Kier molecular flexibility index (Phi) is 5.29. The topological polar surface area (TPSA) is 50.8 Å². The van der Waals surface area contributed by atoms with Crippen LogP contribution >= 0.6 is 0 Å². The second kappa shape index (κ2) is 7.19. The molecule has 0 atom stereocenters. The third kappa shape index (κ3) is 4.45. The predicted octanol–water partition coefficient (Wildman–Crippen LogP) is 1.54. The number of guanidine groups is 1. The standard InChI is InChI=1S/C14H19F2N3O/c15-12-8-11(9-13(16)10-12)2-1-3-18-14(17)19-4-6-20-7-5-19/h8-10H,1-7H2,(H2,17,18). The fourth-order valence-electron chi connectivity index (χ4n) is 2.12. The van der Waals surface area contributed by atoms with Crippen LogP contribution in [0, 0.1) is 11.6 Å². The van der Waals surface area contributed by atoms with Crippen molar-refractivity contribution >= 4 is 5.96 Å². The van der Waals surface area contributed by atoms with E-state index in [-0.39, 0.29) is 0 Å². The Morgan fingerprint density at radius 1 is 1.20 bits per heavy atom. The average Bonchev–Trinajstić information content (AvgIpc) is 2.43. The van der Waals surface area contributed by atoms with Gasteiger partial charge in [0, 0.05) is 25.7 Å². The van der Waals surface area contributed by atoms with Gasteiger partial charge in [-0.3, -0.25) is 4.99 Å². The fourth-order valence-corrected chi connectivity index (χ4v) is 2.12. The Morgan fingerprint density at radius 3 is 2.50 bits per heavy atom. The molecule has 2 N–H and O–H groups in total. The molecular weight excluding hydrogens is 264 g/mol. The number of hydrogen-bond acceptors (Lipinski definition) is 2. The zero-order valence-corrected chi connectivity index (χ0v) is 11.3. The lowest BCUT2D eigenvalue weighted by Gasteiger charge is -2.27. The molecule has 6 heteroatoms. The van der Waals surface area contributed by atoms with Crippen LogP contribution in [0.4, 0.5) is 8.78 Å². The number of morpholine rings is 1. The van der Waals surface area contributed by atoms with Gasteiger partial charge in [0.25, 0.3) is 0 Å². The molecule has 1 heterocycles. The molecule has 4 nitrogen and oxygen atoms in total. The molecule has 0 radical (unpaired) electrons. The van der Waals surface area contributed by atoms with Crippen molar-refractivity contribution in [2.45, 2.75) is 12.8 Å². The van der Waals surface area contributed by atoms with E-state index in [0.29, 0.717) is 44.1 Å². The number of aliphatic imine (C=N–C) groups is 1. The summed E-state index contributed by atoms with van der Waals surface area (Å²) in [6.45, 7) is 3.38. The van der Waals surface area contributed by atoms with Crippen LogP contribution in [0.1, 0.15) is 12.0 Å². The van der Waals surface area contributed by atoms with Gasteiger partial charge in [-0.15, -0.1) is 0 Å². The number of ether oxygens (including phenoxy) is 1. The maximum absolute atomic E-state index is 13.0. The summed E-state index contributed by atoms with van der Waals surface area (Å²) >= 11 is 0. The predicted molar refractivity (Wildman–Crippen MR) is 73.6 cm³/mol. The molecule has 0 amide bonds. The highest BCUT2D eigenvalue weighted by atomic mass is 19.1. The minimum atomic E-state index is -0.545. The summed E-state index contributed by atoms with van der Waals surface area (Å²) in [7, 11) is 0. The minimum absolute atomic E-state index is 0.513. The maximum Gasteiger partial charge on any atom is 0.191 e. The molecule has 20 heavy (non-hydrogen) atoms. The molecule has 1 aromatic rings. The van der Waals surface area contributed by atoms with Crippen LogP contribution in [0.5, 0.6) is 0 Å². The van der Waals surface area contributed by atoms with E-state index in [1.54, 1.807) is 0 Å². The van der Waals surface area contributed by atoms with Crippen LogP contribution in [-0.2, 0) is 11.2 Å². The lowest BCUT2D eigenvalue weighted by molar-refractivity contribution is 0.0674. The summed E-state index contributed by atoms with van der Waals surface area (Å²) in [5, 5.41) is 0. The van der Waals surface area contributed by atoms with E-state index in [1.165, 1.54) is 12.1 Å². The molecule has 110 valence electrons. The van der Waals surface area contributed by atoms with E-state index < -0.39 is 11.6 Å². The normalized spacial score (nSPS) is 16.5. The second-order valence-corrected chi connectivity index (χ2v) is 4.72. The van der Waals surface area contributed by atoms with Crippen molar-refractivity contribution in [3.05, 3.63) is 35.4 Å². The van der Waals surface area contributed by atoms with Gasteiger partial charge in [-0.05, 0) is 30.5 Å². The molecule has 1 saturated heterocycles. The Bertz CT molecular complexity index is 453. The third-order valence-electron chi connectivity index (χ3n) is 3.15. The summed E-state index contributed by atoms with van der Waals surface area (Å²) in [6.07, 6.45) is 1.28. The number of hydrogen-bond donors (Lipinski definition) is 1. The van der Waals surface area contributed by atoms with Gasteiger partial charge >= 0.3 is 0 Å². The number of nitrogens with zero attached hydrogens (tertiary/aromatic N) is 2. The van der Waals surface area contributed by atoms with Crippen LogP contribution < -0.4 is 5.73 Å². The van der Waals surface area contributed by atoms with Crippen molar-refractivity contribution in [1.82, 2.24) is 4.90 Å². The van der Waals surface area contributed by atoms with Gasteiger partial charge in [0.1, 0.15) is 11.6 Å². The van der Waals surface area contributed by atoms with Crippen LogP contribution in [0.25, 0.3) is 0 Å². The van der Waals surface area contributed by atoms with Crippen LogP contribution in [0.15, 0.2) is 23.2 Å². The van der Waals surface area contributed by atoms with E-state index in [1.807, 2.05) is 4.90 Å². The molecule has 0 bridgehead atoms. The average molecular weight is 283 g/mol. The van der Waals surface area contributed by atoms with Crippen molar-refractivity contribution in [2.24, 2.45) is 10.7 Å². The first-order chi connectivity index (χ1) is 9.65. The maximum atomic E-state index is 13.0. The number of benzene rings is 1. The van der Waals surface area contributed by atoms with E-state index >= 15 is 0 Å². The molecule has 0 aliphatic carbocycles. The fraction of sp³-hybridized carbons (Fsp3) is 0.500. The summed E-state index contributed by atoms with van der Waals surface area (Å²) < 4.78 is 31.2. The van der Waals surface area contributed by atoms with Crippen molar-refractivity contribution in [2.75, 3.05) is 32.8 Å². The number of halogens is 2. The van der Waals surface area contributed by atoms with Gasteiger partial charge in [0.2, 0.25) is 0 Å². The summed E-state index contributed by atoms with van der Waals surface area (Å²) in [5.74, 6) is -0.577. The molecule has 1 fully saturated rings. The molecule has 0 saturated carbocycles. The van der Waals surface area contributed by atoms with Crippen molar-refractivity contribution in [3.63, 3.8) is 0 Å². The summed E-state index contributed by atoms with van der Waals surface area (Å²) in [5.41, 5.74) is 6.52. The van der Waals surface area contributed by atoms with E-state index in [2.05, 4.69) is 4.99 Å². The first-order valence-corrected chi connectivity index (χ1v) is 6.73. The first kappa shape index (κ1) is 14.7. The summed E-state index contributed by atoms with van der Waals surface area (Å²) in [6, 6.07) is 3.56. The Morgan fingerprint density at radius 2 is 1.85 bits per heavy atom. The summed E-state index contributed by atoms with van der Waals surface area (Å²) in [4.78, 5) is 6.26. The highest BCUT2D eigenvalue weighted by molar-refractivity contribution is 5.78. The van der Waals surface area contributed by atoms with Gasteiger partial charge in [-0.25, -0.2) is 8.78 Å². The number of aryl methyl sites for hydroxylation is 1. The smallest absolute Gasteiger partial charge is 0.191 e. The van der Waals surface area contributed by atoms with Crippen LogP contribution in [-0.4, -0.2) is 43.7 Å². The Labute approximate surface area is 117 Å². The molecule has 2 rings (SSSR count). The third-order valence-corrected chi connectivity index (χ3v) is 3.15. The molecule has 0 spiro atoms. The van der Waals surface area contributed by atoms with Crippen molar-refractivity contribution < 1.29 is 13.5 Å². The highest BCUT2D eigenvalue weighted by Crippen LogP contribution is 2.10. The van der Waals surface area contributed by atoms with Crippen LogP contribution in [0.3, 0.4) is 0 Å². The molecule has 1 aliphatic heterocycles. The number of rotatable bonds is 4. The van der Waals surface area contributed by atoms with E-state index in [4.69, 9.17) is 10.5 Å². The van der Waals surface area contributed by atoms with Crippen molar-refractivity contribution in [3.8, 4) is 0 Å². The molecule has 1 aromatic carbocycles. The van der Waals surface area contributed by atoms with E-state index in [0.717, 1.165) is 19.2 Å². The van der Waals surface area contributed by atoms with E-state index in [9.17, 15) is 8.78 Å². The molecule has 1 aliphatic rings. The van der Waals surface area contributed by atoms with Gasteiger partial charge in [0.05, 0.1) is 13.2 Å². The SMILES string of the molecule is NC(=NCCCc1cc(F)cc(F)c1)N1CCOCC1. The zero-order chi connectivity index (χ0) is 14.4. The Balaban J connectivity index is 1.77. The van der Waals surface area contributed by atoms with Crippen LogP contribution in [0.2, 0.25) is 0 Å². The van der Waals surface area contributed by atoms with Crippen molar-refractivity contribution in [1.29, 1.82) is 0 Å².